The molecule has 0 radical (unpaired) electrons. The molecule has 0 bridgehead atoms. The second-order valence-corrected chi connectivity index (χ2v) is 6.09. The number of anilines is 1. The predicted octanol–water partition coefficient (Wildman–Crippen LogP) is 4.38. The minimum atomic E-state index is 1.01. The number of thioether (sulfide) groups is 1. The molecule has 0 unspecified atom stereocenters. The Morgan fingerprint density at radius 3 is 2.68 bits per heavy atom. The number of hydrogen-bond acceptors (Lipinski definition) is 2. The lowest BCUT2D eigenvalue weighted by molar-refractivity contribution is 0.911. The minimum Gasteiger partial charge on any atom is -0.384 e. The summed E-state index contributed by atoms with van der Waals surface area (Å²) in [7, 11) is 0. The van der Waals surface area contributed by atoms with Gasteiger partial charge in [0.2, 0.25) is 0 Å². The zero-order chi connectivity index (χ0) is 12.9. The molecule has 0 spiro atoms. The van der Waals surface area contributed by atoms with Gasteiger partial charge in [-0.05, 0) is 54.7 Å². The van der Waals surface area contributed by atoms with Gasteiger partial charge in [0.15, 0.2) is 0 Å². The van der Waals surface area contributed by atoms with E-state index in [1.54, 1.807) is 11.1 Å². The van der Waals surface area contributed by atoms with Crippen molar-refractivity contribution in [2.45, 2.75) is 24.2 Å². The first-order chi connectivity index (χ1) is 9.42. The highest BCUT2D eigenvalue weighted by atomic mass is 32.2. The van der Waals surface area contributed by atoms with Gasteiger partial charge >= 0.3 is 0 Å². The van der Waals surface area contributed by atoms with Crippen LogP contribution < -0.4 is 5.32 Å². The van der Waals surface area contributed by atoms with Crippen molar-refractivity contribution < 1.29 is 0 Å². The van der Waals surface area contributed by atoms with Crippen LogP contribution in [0.15, 0.2) is 53.4 Å². The molecule has 0 fully saturated rings. The summed E-state index contributed by atoms with van der Waals surface area (Å²) in [6.07, 6.45) is 3.88. The summed E-state index contributed by atoms with van der Waals surface area (Å²) in [6, 6.07) is 17.4. The van der Waals surface area contributed by atoms with Crippen LogP contribution in [-0.4, -0.2) is 12.3 Å². The van der Waals surface area contributed by atoms with Gasteiger partial charge in [-0.25, -0.2) is 0 Å². The first-order valence-corrected chi connectivity index (χ1v) is 7.94. The van der Waals surface area contributed by atoms with Crippen LogP contribution in [-0.2, 0) is 12.8 Å². The van der Waals surface area contributed by atoms with E-state index in [-0.39, 0.29) is 0 Å². The molecule has 2 heteroatoms. The van der Waals surface area contributed by atoms with E-state index in [0.29, 0.717) is 0 Å². The van der Waals surface area contributed by atoms with Gasteiger partial charge in [-0.1, -0.05) is 24.3 Å². The number of hydrogen-bond donors (Lipinski definition) is 1. The van der Waals surface area contributed by atoms with Crippen molar-refractivity contribution in [2.75, 3.05) is 17.6 Å². The van der Waals surface area contributed by atoms with E-state index in [0.717, 1.165) is 12.3 Å². The number of benzene rings is 2. The third kappa shape index (κ3) is 3.32. The van der Waals surface area contributed by atoms with Crippen molar-refractivity contribution in [1.29, 1.82) is 0 Å². The molecular weight excluding hydrogens is 250 g/mol. The first kappa shape index (κ1) is 12.6. The number of fused-ring (bicyclic) bond motifs is 1. The monoisotopic (exact) mass is 269 g/mol. The Morgan fingerprint density at radius 1 is 0.947 bits per heavy atom. The van der Waals surface area contributed by atoms with Crippen LogP contribution in [0.5, 0.6) is 0 Å². The lowest BCUT2D eigenvalue weighted by Gasteiger charge is -2.07. The van der Waals surface area contributed by atoms with E-state index in [1.807, 2.05) is 17.8 Å². The Balaban J connectivity index is 1.48. The molecule has 1 aliphatic rings. The quantitative estimate of drug-likeness (QED) is 0.638. The zero-order valence-corrected chi connectivity index (χ0v) is 11.9. The molecule has 98 valence electrons. The molecule has 0 saturated heterocycles. The van der Waals surface area contributed by atoms with Gasteiger partial charge in [0, 0.05) is 22.9 Å². The van der Waals surface area contributed by atoms with Gasteiger partial charge in [0.25, 0.3) is 0 Å². The third-order valence-corrected chi connectivity index (χ3v) is 4.54. The van der Waals surface area contributed by atoms with Crippen molar-refractivity contribution >= 4 is 17.4 Å². The number of para-hydroxylation sites is 1. The normalized spacial score (nSPS) is 13.3. The Kier molecular flexibility index (Phi) is 4.09. The van der Waals surface area contributed by atoms with Crippen LogP contribution in [0.3, 0.4) is 0 Å². The molecular formula is C17H19NS. The van der Waals surface area contributed by atoms with Crippen molar-refractivity contribution in [3.63, 3.8) is 0 Å². The predicted molar refractivity (Wildman–Crippen MR) is 84.1 cm³/mol. The Labute approximate surface area is 119 Å². The number of rotatable bonds is 5. The maximum atomic E-state index is 3.45. The Morgan fingerprint density at radius 2 is 1.79 bits per heavy atom. The molecule has 0 atom stereocenters. The zero-order valence-electron chi connectivity index (χ0n) is 11.1. The topological polar surface area (TPSA) is 12.0 Å². The van der Waals surface area contributed by atoms with Gasteiger partial charge < -0.3 is 5.32 Å². The largest absolute Gasteiger partial charge is 0.384 e. The smallest absolute Gasteiger partial charge is 0.0340 e. The van der Waals surface area contributed by atoms with Crippen LogP contribution in [0.1, 0.15) is 17.5 Å². The average molecular weight is 269 g/mol. The summed E-state index contributed by atoms with van der Waals surface area (Å²) in [5.41, 5.74) is 4.34. The fourth-order valence-corrected chi connectivity index (χ4v) is 3.39. The van der Waals surface area contributed by atoms with E-state index >= 15 is 0 Å². The van der Waals surface area contributed by atoms with Crippen LogP contribution in [0.4, 0.5) is 5.69 Å². The van der Waals surface area contributed by atoms with Crippen LogP contribution >= 0.6 is 11.8 Å². The van der Waals surface area contributed by atoms with Crippen molar-refractivity contribution in [2.24, 2.45) is 0 Å². The molecule has 1 nitrogen and oxygen atoms in total. The lowest BCUT2D eigenvalue weighted by Crippen LogP contribution is -2.03. The summed E-state index contributed by atoms with van der Waals surface area (Å²) in [5.74, 6) is 1.10. The highest BCUT2D eigenvalue weighted by Gasteiger charge is 2.10. The molecule has 0 aliphatic heterocycles. The molecule has 0 aromatic heterocycles. The van der Waals surface area contributed by atoms with Gasteiger partial charge in [0.05, 0.1) is 0 Å². The second-order valence-electron chi connectivity index (χ2n) is 4.93. The van der Waals surface area contributed by atoms with Gasteiger partial charge in [-0.2, -0.15) is 0 Å². The molecule has 1 aliphatic carbocycles. The molecule has 2 aromatic rings. The van der Waals surface area contributed by atoms with Crippen molar-refractivity contribution in [3.8, 4) is 0 Å². The minimum absolute atomic E-state index is 1.01. The average Bonchev–Trinajstić information content (AvgIpc) is 2.92. The fourth-order valence-electron chi connectivity index (χ4n) is 2.56. The molecule has 0 amide bonds. The fraction of sp³-hybridized carbons (Fsp3) is 0.294. The molecule has 3 rings (SSSR count). The van der Waals surface area contributed by atoms with Crippen LogP contribution in [0.25, 0.3) is 0 Å². The summed E-state index contributed by atoms with van der Waals surface area (Å²) in [5, 5.41) is 3.45. The number of aryl methyl sites for hydroxylation is 2. The third-order valence-electron chi connectivity index (χ3n) is 3.54. The summed E-state index contributed by atoms with van der Waals surface area (Å²) in [4.78, 5) is 1.41. The molecule has 2 aromatic carbocycles. The van der Waals surface area contributed by atoms with E-state index in [2.05, 4.69) is 47.8 Å². The van der Waals surface area contributed by atoms with Gasteiger partial charge in [0.1, 0.15) is 0 Å². The van der Waals surface area contributed by atoms with Crippen molar-refractivity contribution in [3.05, 3.63) is 59.7 Å². The summed E-state index contributed by atoms with van der Waals surface area (Å²) in [6.45, 7) is 1.01. The van der Waals surface area contributed by atoms with E-state index < -0.39 is 0 Å². The molecule has 0 heterocycles. The maximum Gasteiger partial charge on any atom is 0.0340 e. The number of nitrogens with one attached hydrogen (secondary N) is 1. The van der Waals surface area contributed by atoms with Crippen molar-refractivity contribution in [1.82, 2.24) is 0 Å². The van der Waals surface area contributed by atoms with E-state index in [4.69, 9.17) is 0 Å². The van der Waals surface area contributed by atoms with Crippen LogP contribution in [0, 0.1) is 0 Å². The second kappa shape index (κ2) is 6.16. The summed E-state index contributed by atoms with van der Waals surface area (Å²) >= 11 is 1.94. The van der Waals surface area contributed by atoms with Gasteiger partial charge in [-0.3, -0.25) is 0 Å². The SMILES string of the molecule is c1ccc(NCCSc2ccc3c(c2)CCC3)cc1. The van der Waals surface area contributed by atoms with Crippen LogP contribution in [0.2, 0.25) is 0 Å². The van der Waals surface area contributed by atoms with E-state index in [1.165, 1.54) is 29.8 Å². The first-order valence-electron chi connectivity index (χ1n) is 6.95. The maximum absolute atomic E-state index is 3.45. The highest BCUT2D eigenvalue weighted by molar-refractivity contribution is 7.99. The molecule has 1 N–H and O–H groups in total. The standard InChI is InChI=1S/C17H19NS/c1-2-7-16(8-3-1)18-11-12-19-17-10-9-14-5-4-6-15(14)13-17/h1-3,7-10,13,18H,4-6,11-12H2. The van der Waals surface area contributed by atoms with Gasteiger partial charge in [-0.15, -0.1) is 11.8 Å². The highest BCUT2D eigenvalue weighted by Crippen LogP contribution is 2.27. The molecule has 19 heavy (non-hydrogen) atoms. The molecule has 0 saturated carbocycles. The Bertz CT molecular complexity index is 536. The van der Waals surface area contributed by atoms with E-state index in [9.17, 15) is 0 Å². The lowest BCUT2D eigenvalue weighted by atomic mass is 10.1. The Hall–Kier alpha value is -1.41. The summed E-state index contributed by atoms with van der Waals surface area (Å²) < 4.78 is 0.